The molecule has 1 aromatic carbocycles. The van der Waals surface area contributed by atoms with E-state index < -0.39 is 0 Å². The van der Waals surface area contributed by atoms with Crippen molar-refractivity contribution in [3.63, 3.8) is 0 Å². The van der Waals surface area contributed by atoms with Crippen LogP contribution in [0.1, 0.15) is 18.9 Å². The van der Waals surface area contributed by atoms with Gasteiger partial charge >= 0.3 is 0 Å². The van der Waals surface area contributed by atoms with E-state index in [-0.39, 0.29) is 0 Å². The third-order valence-electron chi connectivity index (χ3n) is 2.79. The molecule has 0 saturated carbocycles. The van der Waals surface area contributed by atoms with Crippen molar-refractivity contribution in [2.75, 3.05) is 13.1 Å². The average molecular weight is 188 g/mol. The van der Waals surface area contributed by atoms with Gasteiger partial charge in [-0.2, -0.15) is 0 Å². The van der Waals surface area contributed by atoms with Gasteiger partial charge in [-0.1, -0.05) is 37.3 Å². The highest BCUT2D eigenvalue weighted by atomic mass is 15.2. The summed E-state index contributed by atoms with van der Waals surface area (Å²) in [6.45, 7) is 4.32. The smallest absolute Gasteiger partial charge is 0.128 e. The number of likely N-dealkylation sites (tertiary alicyclic amines) is 1. The van der Waals surface area contributed by atoms with Gasteiger partial charge in [-0.25, -0.2) is 0 Å². The number of amidine groups is 1. The third kappa shape index (κ3) is 1.79. The Morgan fingerprint density at radius 2 is 2.07 bits per heavy atom. The van der Waals surface area contributed by atoms with Gasteiger partial charge in [-0.15, -0.1) is 0 Å². The summed E-state index contributed by atoms with van der Waals surface area (Å²) < 4.78 is 0. The summed E-state index contributed by atoms with van der Waals surface area (Å²) in [4.78, 5) is 2.17. The van der Waals surface area contributed by atoms with E-state index in [2.05, 4.69) is 11.8 Å². The van der Waals surface area contributed by atoms with Crippen LogP contribution in [0, 0.1) is 11.3 Å². The van der Waals surface area contributed by atoms with E-state index in [4.69, 9.17) is 5.41 Å². The van der Waals surface area contributed by atoms with Crippen molar-refractivity contribution in [3.05, 3.63) is 35.9 Å². The molecule has 0 radical (unpaired) electrons. The Balaban J connectivity index is 2.10. The lowest BCUT2D eigenvalue weighted by molar-refractivity contribution is 0.492. The van der Waals surface area contributed by atoms with E-state index in [1.165, 1.54) is 6.42 Å². The highest BCUT2D eigenvalue weighted by Gasteiger charge is 2.21. The second-order valence-electron chi connectivity index (χ2n) is 4.05. The van der Waals surface area contributed by atoms with Crippen LogP contribution in [-0.2, 0) is 0 Å². The fourth-order valence-corrected chi connectivity index (χ4v) is 1.92. The number of benzene rings is 1. The normalized spacial score (nSPS) is 21.2. The predicted molar refractivity (Wildman–Crippen MR) is 58.6 cm³/mol. The first-order chi connectivity index (χ1) is 6.77. The molecule has 0 aliphatic carbocycles. The fraction of sp³-hybridized carbons (Fsp3) is 0.417. The molecule has 2 rings (SSSR count). The van der Waals surface area contributed by atoms with Crippen LogP contribution in [0.4, 0.5) is 0 Å². The first-order valence-corrected chi connectivity index (χ1v) is 5.16. The Morgan fingerprint density at radius 1 is 1.36 bits per heavy atom. The maximum atomic E-state index is 8.04. The lowest BCUT2D eigenvalue weighted by atomic mass is 10.2. The van der Waals surface area contributed by atoms with Crippen molar-refractivity contribution < 1.29 is 0 Å². The topological polar surface area (TPSA) is 27.1 Å². The summed E-state index contributed by atoms with van der Waals surface area (Å²) in [6.07, 6.45) is 1.22. The molecule has 1 aliphatic heterocycles. The van der Waals surface area contributed by atoms with Crippen molar-refractivity contribution in [2.45, 2.75) is 13.3 Å². The van der Waals surface area contributed by atoms with Crippen LogP contribution in [0.3, 0.4) is 0 Å². The van der Waals surface area contributed by atoms with Crippen LogP contribution in [0.5, 0.6) is 0 Å². The molecule has 1 unspecified atom stereocenters. The van der Waals surface area contributed by atoms with Crippen molar-refractivity contribution in [2.24, 2.45) is 5.92 Å². The van der Waals surface area contributed by atoms with Crippen LogP contribution < -0.4 is 0 Å². The van der Waals surface area contributed by atoms with Gasteiger partial charge in [-0.3, -0.25) is 5.41 Å². The van der Waals surface area contributed by atoms with Crippen molar-refractivity contribution in [3.8, 4) is 0 Å². The maximum absolute atomic E-state index is 8.04. The third-order valence-corrected chi connectivity index (χ3v) is 2.79. The van der Waals surface area contributed by atoms with Crippen molar-refractivity contribution in [1.29, 1.82) is 5.41 Å². The van der Waals surface area contributed by atoms with Crippen LogP contribution in [0.25, 0.3) is 0 Å². The molecule has 1 fully saturated rings. The monoisotopic (exact) mass is 188 g/mol. The molecule has 1 aliphatic rings. The molecule has 0 spiro atoms. The summed E-state index contributed by atoms with van der Waals surface area (Å²) in [5.74, 6) is 1.41. The summed E-state index contributed by atoms with van der Waals surface area (Å²) in [5, 5.41) is 8.04. The van der Waals surface area contributed by atoms with Gasteiger partial charge in [0, 0.05) is 18.7 Å². The van der Waals surface area contributed by atoms with E-state index in [0.29, 0.717) is 5.84 Å². The molecule has 1 atom stereocenters. The minimum atomic E-state index is 0.676. The molecule has 2 nitrogen and oxygen atoms in total. The Kier molecular flexibility index (Phi) is 2.53. The van der Waals surface area contributed by atoms with Gasteiger partial charge in [0.25, 0.3) is 0 Å². The van der Waals surface area contributed by atoms with Crippen molar-refractivity contribution >= 4 is 5.84 Å². The molecule has 2 heteroatoms. The first-order valence-electron chi connectivity index (χ1n) is 5.16. The molecule has 1 N–H and O–H groups in total. The Labute approximate surface area is 85.1 Å². The van der Waals surface area contributed by atoms with Crippen LogP contribution in [0.15, 0.2) is 30.3 Å². The lowest BCUT2D eigenvalue weighted by Crippen LogP contribution is -2.28. The van der Waals surface area contributed by atoms with E-state index >= 15 is 0 Å². The largest absolute Gasteiger partial charge is 0.356 e. The first kappa shape index (κ1) is 9.25. The SMILES string of the molecule is CC1CCN(C(=N)c2ccccc2)C1. The molecule has 0 amide bonds. The zero-order chi connectivity index (χ0) is 9.97. The fourth-order valence-electron chi connectivity index (χ4n) is 1.92. The average Bonchev–Trinajstić information content (AvgIpc) is 2.65. The Bertz CT molecular complexity index is 318. The summed E-state index contributed by atoms with van der Waals surface area (Å²) in [5.41, 5.74) is 1.03. The van der Waals surface area contributed by atoms with Crippen LogP contribution in [0.2, 0.25) is 0 Å². The standard InChI is InChI=1S/C12H16N2/c1-10-7-8-14(9-10)12(13)11-5-3-2-4-6-11/h2-6,10,13H,7-9H2,1H3. The Hall–Kier alpha value is -1.31. The highest BCUT2D eigenvalue weighted by Crippen LogP contribution is 2.17. The van der Waals surface area contributed by atoms with Gasteiger partial charge in [0.2, 0.25) is 0 Å². The maximum Gasteiger partial charge on any atom is 0.128 e. The summed E-state index contributed by atoms with van der Waals surface area (Å²) in [7, 11) is 0. The van der Waals surface area contributed by atoms with Crippen LogP contribution in [-0.4, -0.2) is 23.8 Å². The van der Waals surface area contributed by atoms with Gasteiger partial charge in [0.15, 0.2) is 0 Å². The molecule has 1 heterocycles. The molecule has 14 heavy (non-hydrogen) atoms. The summed E-state index contributed by atoms with van der Waals surface area (Å²) >= 11 is 0. The molecule has 1 aromatic rings. The number of hydrogen-bond acceptors (Lipinski definition) is 1. The molecule has 0 bridgehead atoms. The minimum absolute atomic E-state index is 0.676. The predicted octanol–water partition coefficient (Wildman–Crippen LogP) is 2.35. The van der Waals surface area contributed by atoms with E-state index in [1.807, 2.05) is 30.3 Å². The van der Waals surface area contributed by atoms with E-state index in [1.54, 1.807) is 0 Å². The zero-order valence-electron chi connectivity index (χ0n) is 8.53. The van der Waals surface area contributed by atoms with E-state index in [9.17, 15) is 0 Å². The second-order valence-corrected chi connectivity index (χ2v) is 4.05. The highest BCUT2D eigenvalue weighted by molar-refractivity contribution is 5.96. The zero-order valence-corrected chi connectivity index (χ0v) is 8.53. The molecular formula is C12H16N2. The number of nitrogens with zero attached hydrogens (tertiary/aromatic N) is 1. The Morgan fingerprint density at radius 3 is 2.64 bits per heavy atom. The molecule has 1 saturated heterocycles. The molecule has 74 valence electrons. The van der Waals surface area contributed by atoms with Crippen LogP contribution >= 0.6 is 0 Å². The molecular weight excluding hydrogens is 172 g/mol. The van der Waals surface area contributed by atoms with E-state index in [0.717, 1.165) is 24.6 Å². The number of nitrogens with one attached hydrogen (secondary N) is 1. The minimum Gasteiger partial charge on any atom is -0.356 e. The molecule has 0 aromatic heterocycles. The van der Waals surface area contributed by atoms with Gasteiger partial charge < -0.3 is 4.90 Å². The summed E-state index contributed by atoms with van der Waals surface area (Å²) in [6, 6.07) is 9.98. The number of hydrogen-bond donors (Lipinski definition) is 1. The van der Waals surface area contributed by atoms with Gasteiger partial charge in [0.05, 0.1) is 0 Å². The number of rotatable bonds is 1. The van der Waals surface area contributed by atoms with Crippen molar-refractivity contribution in [1.82, 2.24) is 4.90 Å². The van der Waals surface area contributed by atoms with Gasteiger partial charge in [-0.05, 0) is 12.3 Å². The quantitative estimate of drug-likeness (QED) is 0.531. The second kappa shape index (κ2) is 3.82. The van der Waals surface area contributed by atoms with Gasteiger partial charge in [0.1, 0.15) is 5.84 Å². The lowest BCUT2D eigenvalue weighted by Gasteiger charge is -2.18.